The van der Waals surface area contributed by atoms with E-state index >= 15 is 0 Å². The number of hydrogen-bond donors (Lipinski definition) is 1. The largest absolute Gasteiger partial charge is 0.268 e. The summed E-state index contributed by atoms with van der Waals surface area (Å²) in [6, 6.07) is 21.1. The van der Waals surface area contributed by atoms with Gasteiger partial charge in [-0.25, -0.2) is 17.8 Å². The minimum absolute atomic E-state index is 0.0245. The van der Waals surface area contributed by atoms with Crippen LogP contribution in [0.15, 0.2) is 88.7 Å². The molecule has 2 aromatic carbocycles. The van der Waals surface area contributed by atoms with Crippen LogP contribution in [0, 0.1) is 0 Å². The van der Waals surface area contributed by atoms with Crippen LogP contribution in [0.2, 0.25) is 0 Å². The van der Waals surface area contributed by atoms with Gasteiger partial charge in [0.1, 0.15) is 4.90 Å². The first-order valence-electron chi connectivity index (χ1n) is 9.02. The molecule has 8 heteroatoms. The van der Waals surface area contributed by atoms with Crippen molar-refractivity contribution in [2.75, 3.05) is 6.54 Å². The topological polar surface area (TPSA) is 94.0 Å². The van der Waals surface area contributed by atoms with Crippen molar-refractivity contribution in [3.05, 3.63) is 89.3 Å². The molecule has 0 aliphatic heterocycles. The molecule has 0 aliphatic carbocycles. The molecule has 7 nitrogen and oxygen atoms in total. The number of pyridine rings is 1. The van der Waals surface area contributed by atoms with Gasteiger partial charge in [0, 0.05) is 29.8 Å². The molecule has 2 aromatic heterocycles. The Hall–Kier alpha value is -3.36. The summed E-state index contributed by atoms with van der Waals surface area (Å²) in [5, 5.41) is 5.08. The number of rotatable bonds is 6. The Balaban J connectivity index is 1.53. The SMILES string of the molecule is O=c1ccc(-c2ccccc2)nn1CCNS(=O)(=O)c1cccc2cccnc12. The van der Waals surface area contributed by atoms with Crippen molar-refractivity contribution in [1.82, 2.24) is 19.5 Å². The maximum absolute atomic E-state index is 12.8. The summed E-state index contributed by atoms with van der Waals surface area (Å²) in [7, 11) is -3.79. The first-order valence-corrected chi connectivity index (χ1v) is 10.5. The molecule has 4 rings (SSSR count). The van der Waals surface area contributed by atoms with Crippen molar-refractivity contribution in [3.8, 4) is 11.3 Å². The fourth-order valence-electron chi connectivity index (χ4n) is 3.03. The Labute approximate surface area is 167 Å². The van der Waals surface area contributed by atoms with E-state index in [1.54, 1.807) is 36.5 Å². The Kier molecular flexibility index (Phi) is 5.20. The highest BCUT2D eigenvalue weighted by atomic mass is 32.2. The highest BCUT2D eigenvalue weighted by Gasteiger charge is 2.17. The van der Waals surface area contributed by atoms with Crippen molar-refractivity contribution in [1.29, 1.82) is 0 Å². The van der Waals surface area contributed by atoms with Gasteiger partial charge in [0.05, 0.1) is 17.8 Å². The van der Waals surface area contributed by atoms with Crippen LogP contribution in [-0.2, 0) is 16.6 Å². The summed E-state index contributed by atoms with van der Waals surface area (Å²) >= 11 is 0. The molecule has 4 aromatic rings. The minimum Gasteiger partial charge on any atom is -0.268 e. The van der Waals surface area contributed by atoms with Gasteiger partial charge in [-0.15, -0.1) is 0 Å². The minimum atomic E-state index is -3.79. The smallest absolute Gasteiger partial charge is 0.266 e. The molecule has 0 radical (unpaired) electrons. The fraction of sp³-hybridized carbons (Fsp3) is 0.0952. The van der Waals surface area contributed by atoms with Crippen molar-refractivity contribution in [2.24, 2.45) is 0 Å². The highest BCUT2D eigenvalue weighted by molar-refractivity contribution is 7.89. The zero-order valence-corrected chi connectivity index (χ0v) is 16.2. The van der Waals surface area contributed by atoms with Gasteiger partial charge in [0.15, 0.2) is 0 Å². The van der Waals surface area contributed by atoms with Gasteiger partial charge in [-0.2, -0.15) is 5.10 Å². The van der Waals surface area contributed by atoms with E-state index in [0.29, 0.717) is 11.2 Å². The van der Waals surface area contributed by atoms with Crippen molar-refractivity contribution >= 4 is 20.9 Å². The van der Waals surface area contributed by atoms with E-state index in [0.717, 1.165) is 10.9 Å². The van der Waals surface area contributed by atoms with Crippen LogP contribution in [-0.4, -0.2) is 29.7 Å². The average molecular weight is 406 g/mol. The lowest BCUT2D eigenvalue weighted by atomic mass is 10.1. The molecule has 0 saturated carbocycles. The predicted molar refractivity (Wildman–Crippen MR) is 111 cm³/mol. The molecule has 0 aliphatic rings. The summed E-state index contributed by atoms with van der Waals surface area (Å²) in [5.74, 6) is 0. The third-order valence-electron chi connectivity index (χ3n) is 4.44. The summed E-state index contributed by atoms with van der Waals surface area (Å²) in [6.45, 7) is 0.133. The van der Waals surface area contributed by atoms with Gasteiger partial charge >= 0.3 is 0 Å². The van der Waals surface area contributed by atoms with Crippen molar-refractivity contribution in [2.45, 2.75) is 11.4 Å². The van der Waals surface area contributed by atoms with E-state index in [9.17, 15) is 13.2 Å². The molecule has 0 spiro atoms. The maximum Gasteiger partial charge on any atom is 0.266 e. The molecule has 0 amide bonds. The third kappa shape index (κ3) is 4.08. The second kappa shape index (κ2) is 7.94. The van der Waals surface area contributed by atoms with E-state index in [2.05, 4.69) is 14.8 Å². The van der Waals surface area contributed by atoms with Crippen LogP contribution in [0.25, 0.3) is 22.2 Å². The lowest BCUT2D eigenvalue weighted by molar-refractivity contribution is 0.549. The van der Waals surface area contributed by atoms with E-state index in [-0.39, 0.29) is 23.5 Å². The molecule has 29 heavy (non-hydrogen) atoms. The summed E-state index contributed by atoms with van der Waals surface area (Å²) < 4.78 is 29.3. The predicted octanol–water partition coefficient (Wildman–Crippen LogP) is 2.44. The number of benzene rings is 2. The molecule has 2 heterocycles. The van der Waals surface area contributed by atoms with Gasteiger partial charge < -0.3 is 0 Å². The number of sulfonamides is 1. The monoisotopic (exact) mass is 406 g/mol. The van der Waals surface area contributed by atoms with E-state index in [4.69, 9.17) is 0 Å². The molecule has 0 fully saturated rings. The fourth-order valence-corrected chi connectivity index (χ4v) is 4.23. The lowest BCUT2D eigenvalue weighted by Crippen LogP contribution is -2.32. The second-order valence-electron chi connectivity index (χ2n) is 6.38. The molecule has 1 N–H and O–H groups in total. The standard InChI is InChI=1S/C21H18N4O3S/c26-20-12-11-18(16-6-2-1-3-7-16)24-25(20)15-14-23-29(27,28)19-10-4-8-17-9-5-13-22-21(17)19/h1-13,23H,14-15H2. The van der Waals surface area contributed by atoms with Crippen molar-refractivity contribution in [3.63, 3.8) is 0 Å². The number of nitrogens with one attached hydrogen (secondary N) is 1. The van der Waals surface area contributed by atoms with Crippen LogP contribution in [0.5, 0.6) is 0 Å². The van der Waals surface area contributed by atoms with Crippen LogP contribution in [0.3, 0.4) is 0 Å². The van der Waals surface area contributed by atoms with Crippen LogP contribution < -0.4 is 10.3 Å². The van der Waals surface area contributed by atoms with Gasteiger partial charge in [-0.1, -0.05) is 48.5 Å². The zero-order chi connectivity index (χ0) is 20.3. The Morgan fingerprint density at radius 2 is 1.69 bits per heavy atom. The Morgan fingerprint density at radius 1 is 0.897 bits per heavy atom. The van der Waals surface area contributed by atoms with Gasteiger partial charge in [-0.05, 0) is 18.2 Å². The highest BCUT2D eigenvalue weighted by Crippen LogP contribution is 2.20. The second-order valence-corrected chi connectivity index (χ2v) is 8.11. The van der Waals surface area contributed by atoms with E-state index in [1.807, 2.05) is 30.3 Å². The van der Waals surface area contributed by atoms with Gasteiger partial charge in [-0.3, -0.25) is 9.78 Å². The zero-order valence-electron chi connectivity index (χ0n) is 15.4. The van der Waals surface area contributed by atoms with Crippen LogP contribution in [0.4, 0.5) is 0 Å². The van der Waals surface area contributed by atoms with Crippen molar-refractivity contribution < 1.29 is 8.42 Å². The molecule has 0 unspecified atom stereocenters. The normalized spacial score (nSPS) is 11.6. The summed E-state index contributed by atoms with van der Waals surface area (Å²) in [5.41, 5.74) is 1.63. The Bertz CT molecular complexity index is 1310. The number of nitrogens with zero attached hydrogens (tertiary/aromatic N) is 3. The maximum atomic E-state index is 12.8. The molecule has 146 valence electrons. The van der Waals surface area contributed by atoms with Gasteiger partial charge in [0.25, 0.3) is 5.56 Å². The van der Waals surface area contributed by atoms with E-state index in [1.165, 1.54) is 16.8 Å². The first-order chi connectivity index (χ1) is 14.0. The van der Waals surface area contributed by atoms with Crippen LogP contribution in [0.1, 0.15) is 0 Å². The number of para-hydroxylation sites is 1. The molecule has 0 saturated heterocycles. The average Bonchev–Trinajstić information content (AvgIpc) is 2.75. The Morgan fingerprint density at radius 3 is 2.52 bits per heavy atom. The summed E-state index contributed by atoms with van der Waals surface area (Å²) in [4.78, 5) is 16.4. The molecule has 0 atom stereocenters. The summed E-state index contributed by atoms with van der Waals surface area (Å²) in [6.07, 6.45) is 1.56. The first kappa shape index (κ1) is 19.0. The van der Waals surface area contributed by atoms with Crippen LogP contribution >= 0.6 is 0 Å². The molecular weight excluding hydrogens is 388 g/mol. The molecule has 0 bridgehead atoms. The number of fused-ring (bicyclic) bond motifs is 1. The lowest BCUT2D eigenvalue weighted by Gasteiger charge is -2.10. The molecular formula is C21H18N4O3S. The van der Waals surface area contributed by atoms with Gasteiger partial charge in [0.2, 0.25) is 10.0 Å². The number of aromatic nitrogens is 3. The third-order valence-corrected chi connectivity index (χ3v) is 5.93. The number of hydrogen-bond acceptors (Lipinski definition) is 5. The van der Waals surface area contributed by atoms with E-state index < -0.39 is 10.0 Å². The quantitative estimate of drug-likeness (QED) is 0.531.